The molecule has 64 heavy (non-hydrogen) atoms. The summed E-state index contributed by atoms with van der Waals surface area (Å²) in [5.41, 5.74) is 18.8. The van der Waals surface area contributed by atoms with Crippen LogP contribution < -0.4 is 10.6 Å². The number of aliphatic imine (C=N–C) groups is 1. The van der Waals surface area contributed by atoms with Crippen molar-refractivity contribution in [3.8, 4) is 39.4 Å². The minimum absolute atomic E-state index is 0.144. The monoisotopic (exact) mass is 820 g/mol. The van der Waals surface area contributed by atoms with E-state index in [1.165, 1.54) is 72.0 Å². The van der Waals surface area contributed by atoms with Gasteiger partial charge in [0.15, 0.2) is 0 Å². The highest BCUT2D eigenvalue weighted by molar-refractivity contribution is 6.05. The van der Waals surface area contributed by atoms with Crippen LogP contribution in [0.4, 0.5) is 0 Å². The molecule has 9 aromatic carbocycles. The largest absolute Gasteiger partial charge is 0.350 e. The van der Waals surface area contributed by atoms with Gasteiger partial charge in [0.2, 0.25) is 0 Å². The van der Waals surface area contributed by atoms with Crippen LogP contribution in [-0.2, 0) is 10.8 Å². The van der Waals surface area contributed by atoms with Crippen LogP contribution in [-0.4, -0.2) is 5.84 Å². The second-order valence-corrected chi connectivity index (χ2v) is 17.8. The highest BCUT2D eigenvalue weighted by Crippen LogP contribution is 2.62. The summed E-state index contributed by atoms with van der Waals surface area (Å²) in [5, 5.41) is 19.2. The third kappa shape index (κ3) is 5.68. The van der Waals surface area contributed by atoms with Gasteiger partial charge in [-0.25, -0.2) is 4.99 Å². The second kappa shape index (κ2) is 14.6. The molecule has 0 saturated heterocycles. The molecule has 3 aliphatic rings. The van der Waals surface area contributed by atoms with Crippen LogP contribution in [0.3, 0.4) is 0 Å². The van der Waals surface area contributed by atoms with E-state index in [2.05, 4.69) is 194 Å². The number of nitrogens with one attached hydrogen (secondary N) is 2. The molecule has 304 valence electrons. The molecule has 2 unspecified atom stereocenters. The highest BCUT2D eigenvalue weighted by Gasteiger charge is 2.53. The fraction of sp³-hybridized carbons (Fsp3) is 0.100. The summed E-state index contributed by atoms with van der Waals surface area (Å²) in [7, 11) is 0. The summed E-state index contributed by atoms with van der Waals surface area (Å²) in [6.45, 7) is 4.76. The lowest BCUT2D eigenvalue weighted by atomic mass is 9.55. The maximum absolute atomic E-state index is 9.42. The SMILES string of the molecule is CC1(C)c2ccccc2C2(c3ccccc3-c3ccc(-c4ccc(-c5ccc(C6NC(c7ccccc7)=NC(c7ccc(C#N)cc7)N6)cc5)c5ccccc45)cc32)c2ccccc21. The van der Waals surface area contributed by atoms with Gasteiger partial charge in [-0.1, -0.05) is 202 Å². The first-order valence-electron chi connectivity index (χ1n) is 22.2. The number of fused-ring (bicyclic) bond motifs is 10. The topological polar surface area (TPSA) is 60.2 Å². The number of amidine groups is 1. The third-order valence-electron chi connectivity index (χ3n) is 14.1. The molecule has 0 fully saturated rings. The lowest BCUT2D eigenvalue weighted by Crippen LogP contribution is -2.44. The van der Waals surface area contributed by atoms with Crippen molar-refractivity contribution in [1.82, 2.24) is 10.6 Å². The van der Waals surface area contributed by atoms with Gasteiger partial charge in [-0.2, -0.15) is 5.26 Å². The maximum atomic E-state index is 9.42. The summed E-state index contributed by atoms with van der Waals surface area (Å²) in [6, 6.07) is 77.1. The van der Waals surface area contributed by atoms with E-state index >= 15 is 0 Å². The molecule has 9 aromatic rings. The zero-order valence-corrected chi connectivity index (χ0v) is 35.7. The lowest BCUT2D eigenvalue weighted by molar-refractivity contribution is 0.409. The van der Waals surface area contributed by atoms with Crippen molar-refractivity contribution in [3.05, 3.63) is 262 Å². The van der Waals surface area contributed by atoms with E-state index in [1.807, 2.05) is 42.5 Å². The Morgan fingerprint density at radius 2 is 0.969 bits per heavy atom. The molecule has 2 atom stereocenters. The van der Waals surface area contributed by atoms with Crippen molar-refractivity contribution >= 4 is 16.6 Å². The summed E-state index contributed by atoms with van der Waals surface area (Å²) in [5.74, 6) is 0.825. The van der Waals surface area contributed by atoms with E-state index in [4.69, 9.17) is 4.99 Å². The molecule has 0 aromatic heterocycles. The van der Waals surface area contributed by atoms with Crippen LogP contribution >= 0.6 is 0 Å². The minimum atomic E-state index is -0.445. The molecule has 0 saturated carbocycles. The van der Waals surface area contributed by atoms with Crippen LogP contribution in [0.15, 0.2) is 211 Å². The van der Waals surface area contributed by atoms with Crippen molar-refractivity contribution in [2.24, 2.45) is 4.99 Å². The Bertz CT molecular complexity index is 3320. The zero-order valence-electron chi connectivity index (χ0n) is 35.7. The predicted octanol–water partition coefficient (Wildman–Crippen LogP) is 13.4. The van der Waals surface area contributed by atoms with Crippen molar-refractivity contribution in [1.29, 1.82) is 5.26 Å². The van der Waals surface area contributed by atoms with Gasteiger partial charge >= 0.3 is 0 Å². The molecule has 0 bridgehead atoms. The van der Waals surface area contributed by atoms with Gasteiger partial charge in [-0.3, -0.25) is 5.32 Å². The van der Waals surface area contributed by atoms with Gasteiger partial charge in [0.25, 0.3) is 0 Å². The van der Waals surface area contributed by atoms with Crippen molar-refractivity contribution in [3.63, 3.8) is 0 Å². The first kappa shape index (κ1) is 37.9. The van der Waals surface area contributed by atoms with Gasteiger partial charge in [-0.05, 0) is 107 Å². The van der Waals surface area contributed by atoms with E-state index < -0.39 is 5.41 Å². The highest BCUT2D eigenvalue weighted by atomic mass is 15.3. The first-order valence-corrected chi connectivity index (χ1v) is 22.2. The van der Waals surface area contributed by atoms with Gasteiger partial charge in [0.1, 0.15) is 18.2 Å². The average Bonchev–Trinajstić information content (AvgIpc) is 3.66. The van der Waals surface area contributed by atoms with Crippen molar-refractivity contribution in [2.75, 3.05) is 0 Å². The average molecular weight is 821 g/mol. The molecule has 2 N–H and O–H groups in total. The fourth-order valence-electron chi connectivity index (χ4n) is 11.1. The normalized spacial score (nSPS) is 17.3. The standard InChI is InChI=1S/C60H44N4/c1-59(2)51-20-10-12-22-53(51)60(54-23-13-11-21-52(54)59)50-19-9-8-18-48(50)49-33-32-43(36-55(49)60)45-35-34-44(46-16-6-7-17-47(45)46)39-28-30-42(31-29-39)58-63-56(40-14-4-3-5-15-40)62-57(64-58)41-26-24-38(37-61)25-27-41/h3-36,57-58,64H,1-2H3,(H,62,63). The number of rotatable bonds is 5. The molecule has 1 aliphatic heterocycles. The van der Waals surface area contributed by atoms with Crippen LogP contribution in [0.5, 0.6) is 0 Å². The minimum Gasteiger partial charge on any atom is -0.350 e. The lowest BCUT2D eigenvalue weighted by Gasteiger charge is -2.46. The quantitative estimate of drug-likeness (QED) is 0.182. The molecule has 4 nitrogen and oxygen atoms in total. The van der Waals surface area contributed by atoms with Gasteiger partial charge in [-0.15, -0.1) is 0 Å². The first-order chi connectivity index (χ1) is 31.4. The molecular formula is C60H44N4. The molecule has 1 spiro atoms. The molecule has 2 aliphatic carbocycles. The molecule has 1 heterocycles. The maximum Gasteiger partial charge on any atom is 0.131 e. The predicted molar refractivity (Wildman–Crippen MR) is 260 cm³/mol. The van der Waals surface area contributed by atoms with E-state index in [9.17, 15) is 5.26 Å². The van der Waals surface area contributed by atoms with Crippen molar-refractivity contribution in [2.45, 2.75) is 37.0 Å². The van der Waals surface area contributed by atoms with Crippen LogP contribution in [0.25, 0.3) is 44.2 Å². The fourth-order valence-corrected chi connectivity index (χ4v) is 11.1. The number of nitrogens with zero attached hydrogens (tertiary/aromatic N) is 2. The Morgan fingerprint density at radius 1 is 0.453 bits per heavy atom. The van der Waals surface area contributed by atoms with Crippen LogP contribution in [0.1, 0.15) is 81.8 Å². The van der Waals surface area contributed by atoms with Crippen LogP contribution in [0, 0.1) is 11.3 Å². The van der Waals surface area contributed by atoms with E-state index in [1.54, 1.807) is 0 Å². The Labute approximate surface area is 374 Å². The van der Waals surface area contributed by atoms with Crippen LogP contribution in [0.2, 0.25) is 0 Å². The Balaban J connectivity index is 0.938. The summed E-state index contributed by atoms with van der Waals surface area (Å²) in [6.07, 6.45) is -0.479. The van der Waals surface area contributed by atoms with Gasteiger partial charge in [0.05, 0.1) is 17.0 Å². The Morgan fingerprint density at radius 3 is 1.62 bits per heavy atom. The zero-order chi connectivity index (χ0) is 43.0. The summed E-state index contributed by atoms with van der Waals surface area (Å²) >= 11 is 0. The number of hydrogen-bond acceptors (Lipinski definition) is 4. The van der Waals surface area contributed by atoms with E-state index in [0.717, 1.165) is 28.1 Å². The second-order valence-electron chi connectivity index (χ2n) is 17.8. The number of benzene rings is 9. The van der Waals surface area contributed by atoms with Gasteiger partial charge in [0, 0.05) is 11.0 Å². The molecule has 0 amide bonds. The van der Waals surface area contributed by atoms with E-state index in [0.29, 0.717) is 5.56 Å². The molecule has 4 heteroatoms. The summed E-state index contributed by atoms with van der Waals surface area (Å²) in [4.78, 5) is 5.08. The van der Waals surface area contributed by atoms with Gasteiger partial charge < -0.3 is 5.32 Å². The molecule has 12 rings (SSSR count). The number of nitriles is 1. The Kier molecular flexibility index (Phi) is 8.66. The molecule has 0 radical (unpaired) electrons. The van der Waals surface area contributed by atoms with Crippen molar-refractivity contribution < 1.29 is 0 Å². The Hall–Kier alpha value is -7.84. The molecular weight excluding hydrogens is 777 g/mol. The number of hydrogen-bond donors (Lipinski definition) is 2. The third-order valence-corrected chi connectivity index (χ3v) is 14.1. The van der Waals surface area contributed by atoms with E-state index in [-0.39, 0.29) is 17.7 Å². The smallest absolute Gasteiger partial charge is 0.131 e. The summed E-state index contributed by atoms with van der Waals surface area (Å²) < 4.78 is 0.